The predicted octanol–water partition coefficient (Wildman–Crippen LogP) is 16.0. The maximum Gasteiger partial charge on any atom is 0.410 e. The molecule has 542 valence electrons. The molecule has 0 radical (unpaired) electrons. The molecule has 7 aromatic heterocycles. The number of rotatable bonds is 8. The molecule has 1 amide bonds. The van der Waals surface area contributed by atoms with Crippen LogP contribution < -0.4 is 47.3 Å². The summed E-state index contributed by atoms with van der Waals surface area (Å²) in [5, 5.41) is 58.9. The van der Waals surface area contributed by atoms with E-state index in [2.05, 4.69) is 89.1 Å². The Kier molecular flexibility index (Phi) is 45.4. The number of H-pyrrole nitrogens is 3. The Bertz CT molecular complexity index is 3770. The summed E-state index contributed by atoms with van der Waals surface area (Å²) in [7, 11) is 9.55. The summed E-state index contributed by atoms with van der Waals surface area (Å²) >= 11 is 85.6. The summed E-state index contributed by atoms with van der Waals surface area (Å²) in [6, 6.07) is 1.97. The third-order valence-corrected chi connectivity index (χ3v) is 17.6. The standard InChI is InChI=1S/C13H18Cl3N3O2.C8H10Cl3N3.C8H9Cl2N3.C7H8Cl2N4.C7H10N4.C4HCl3N2O.C4H2Cl2N2O2.4CH4.ClH/c1-13(2,3)21-12(20)19(4)7-5-6-8-9(14)11(16)18-17-10(8)15;1-12-4-2-3-5-6(9)8(11)14-13-7(5)10;1-13-4-2-3-5-6(9)7(10)11-12-8(5)13;1-13-3-2-10-4-5(13)7(9)12-11-6(4)8;1-11-5-4-8-7-6(11)2-3-9-10-7;5-1-2(6)4(10)9-8-3(1)7;5-1-2(6)4(10)8-7-3(1)9;;;;;/h5-7H2,1-4H3;12H,2-4H2,1H3;2-4H2,1H3;10H,2-3H2,1H3;2-3H,4-5H2,1H3,(H,8,10);(H,9,10);(H,7,9)(H,8,10);4*1H4;1H. The van der Waals surface area contributed by atoms with E-state index in [1.54, 1.807) is 13.2 Å². The van der Waals surface area contributed by atoms with Crippen LogP contribution >= 0.6 is 186 Å². The summed E-state index contributed by atoms with van der Waals surface area (Å²) in [5.41, 5.74) is 2.89. The van der Waals surface area contributed by atoms with Crippen LogP contribution in [-0.4, -0.2) is 169 Å². The first-order valence-corrected chi connectivity index (χ1v) is 32.4. The molecule has 97 heavy (non-hydrogen) atoms. The van der Waals surface area contributed by atoms with Gasteiger partial charge in [-0.15, -0.1) is 58.3 Å². The SMILES string of the molecule is C.C.C.C.CN(CCCc1c(Cl)nnc(Cl)c1Cl)C(=O)OC(C)(C)C.CN1CCCc2c1nnc(Cl)c2Cl.CN1CCNc2c(Cl)nnc(Cl)c21.CN1CCNc2nnccc21.CNCCCc1c(Cl)nnc(Cl)c1Cl.Cl.O=c1[nH][nH]c(=O)c(Cl)c1Cl.O=c1[nH]nc(Cl)c(Cl)c1Cl. The number of nitrogens with one attached hydrogen (secondary N) is 6. The van der Waals surface area contributed by atoms with Crippen molar-refractivity contribution in [1.29, 1.82) is 0 Å². The number of carbonyl (C=O) groups is 1. The van der Waals surface area contributed by atoms with Gasteiger partial charge in [-0.05, 0) is 79.0 Å². The zero-order valence-electron chi connectivity index (χ0n) is 50.2. The number of halogens is 16. The minimum absolute atomic E-state index is 0. The van der Waals surface area contributed by atoms with Crippen molar-refractivity contribution in [2.24, 2.45) is 0 Å². The molecule has 0 atom stereocenters. The van der Waals surface area contributed by atoms with Crippen LogP contribution in [0.5, 0.6) is 0 Å². The molecule has 10 rings (SSSR count). The van der Waals surface area contributed by atoms with E-state index in [1.165, 1.54) is 4.90 Å². The Morgan fingerprint density at radius 3 is 1.59 bits per heavy atom. The molecule has 7 aromatic rings. The fraction of sp³-hybridized carbons (Fsp3) is 0.473. The van der Waals surface area contributed by atoms with Gasteiger partial charge in [0, 0.05) is 84.1 Å². The normalized spacial score (nSPS) is 11.9. The lowest BCUT2D eigenvalue weighted by atomic mass is 10.1. The number of carbonyl (C=O) groups excluding carboxylic acids is 1. The average Bonchev–Trinajstić information content (AvgIpc) is 0.823. The first-order chi connectivity index (χ1) is 43.3. The number of hydrogen-bond donors (Lipinski definition) is 6. The monoisotopic (exact) mass is 1670 g/mol. The summed E-state index contributed by atoms with van der Waals surface area (Å²) < 4.78 is 5.26. The topological polar surface area (TPSA) is 316 Å². The molecule has 0 aromatic carbocycles. The summed E-state index contributed by atoms with van der Waals surface area (Å²) in [5.74, 6) is 1.75. The molecule has 6 N–H and O–H groups in total. The molecule has 3 aliphatic rings. The predicted molar refractivity (Wildman–Crippen MR) is 407 cm³/mol. The van der Waals surface area contributed by atoms with E-state index in [4.69, 9.17) is 179 Å². The Labute approximate surface area is 644 Å². The highest BCUT2D eigenvalue weighted by molar-refractivity contribution is 6.47. The Morgan fingerprint density at radius 1 is 0.577 bits per heavy atom. The largest absolute Gasteiger partial charge is 0.444 e. The third kappa shape index (κ3) is 29.4. The highest BCUT2D eigenvalue weighted by atomic mass is 35.5. The molecule has 0 unspecified atom stereocenters. The Hall–Kier alpha value is -4.17. The second kappa shape index (κ2) is 46.4. The van der Waals surface area contributed by atoms with Gasteiger partial charge >= 0.3 is 6.09 Å². The number of likely N-dealkylation sites (N-methyl/N-ethyl adjacent to an activating group) is 2. The van der Waals surface area contributed by atoms with Crippen molar-refractivity contribution in [2.75, 3.05) is 106 Å². The molecule has 0 bridgehead atoms. The van der Waals surface area contributed by atoms with Crippen molar-refractivity contribution in [2.45, 2.75) is 94.6 Å². The van der Waals surface area contributed by atoms with Crippen LogP contribution in [0.3, 0.4) is 0 Å². The fourth-order valence-corrected chi connectivity index (χ4v) is 10.4. The second-order valence-electron chi connectivity index (χ2n) is 20.0. The van der Waals surface area contributed by atoms with Crippen LogP contribution in [0.4, 0.5) is 33.5 Å². The zero-order chi connectivity index (χ0) is 68.7. The van der Waals surface area contributed by atoms with Crippen molar-refractivity contribution >= 4 is 221 Å². The van der Waals surface area contributed by atoms with Gasteiger partial charge < -0.3 is 40.3 Å². The number of anilines is 5. The van der Waals surface area contributed by atoms with Crippen LogP contribution in [0.2, 0.25) is 76.4 Å². The molecule has 26 nitrogen and oxygen atoms in total. The van der Waals surface area contributed by atoms with Gasteiger partial charge in [0.05, 0.1) is 27.0 Å². The highest BCUT2D eigenvalue weighted by Gasteiger charge is 2.24. The number of fused-ring (bicyclic) bond motifs is 3. The minimum Gasteiger partial charge on any atom is -0.444 e. The molecule has 0 spiro atoms. The smallest absolute Gasteiger partial charge is 0.410 e. The van der Waals surface area contributed by atoms with Gasteiger partial charge in [-0.3, -0.25) is 24.6 Å². The van der Waals surface area contributed by atoms with Gasteiger partial charge in [-0.1, -0.05) is 204 Å². The zero-order valence-corrected chi connectivity index (χ0v) is 62.3. The van der Waals surface area contributed by atoms with Crippen molar-refractivity contribution < 1.29 is 9.53 Å². The number of aromatic nitrogens is 14. The summed E-state index contributed by atoms with van der Waals surface area (Å²) in [6.07, 6.45) is 6.23. The molecule has 3 aliphatic heterocycles. The van der Waals surface area contributed by atoms with Gasteiger partial charge in [-0.25, -0.2) is 9.89 Å². The number of aromatic amines is 3. The van der Waals surface area contributed by atoms with Gasteiger partial charge in [0.2, 0.25) is 0 Å². The highest BCUT2D eigenvalue weighted by Crippen LogP contribution is 2.38. The number of hydrogen-bond acceptors (Lipinski definition) is 22. The van der Waals surface area contributed by atoms with Crippen molar-refractivity contribution in [3.8, 4) is 0 Å². The van der Waals surface area contributed by atoms with Crippen molar-refractivity contribution in [3.63, 3.8) is 0 Å². The van der Waals surface area contributed by atoms with E-state index in [0.29, 0.717) is 60.6 Å². The molecule has 0 saturated heterocycles. The Balaban J connectivity index is 0. The molecular weight excluding hydrogens is 1600 g/mol. The van der Waals surface area contributed by atoms with E-state index in [-0.39, 0.29) is 88.9 Å². The van der Waals surface area contributed by atoms with Crippen molar-refractivity contribution in [3.05, 3.63) is 136 Å². The molecule has 10 heterocycles. The first kappa shape index (κ1) is 94.9. The van der Waals surface area contributed by atoms with Crippen LogP contribution in [-0.2, 0) is 24.0 Å². The fourth-order valence-electron chi connectivity index (χ4n) is 7.54. The van der Waals surface area contributed by atoms with Gasteiger partial charge in [0.1, 0.15) is 37.1 Å². The quantitative estimate of drug-likeness (QED) is 0.0770. The van der Waals surface area contributed by atoms with Crippen LogP contribution in [0.25, 0.3) is 0 Å². The van der Waals surface area contributed by atoms with E-state index in [9.17, 15) is 19.2 Å². The van der Waals surface area contributed by atoms with Crippen LogP contribution in [0.15, 0.2) is 26.6 Å². The average molecular weight is 1680 g/mol. The lowest BCUT2D eigenvalue weighted by molar-refractivity contribution is 0.0297. The molecular formula is C55H75Cl16N21O5. The maximum atomic E-state index is 11.8. The van der Waals surface area contributed by atoms with Gasteiger partial charge in [0.15, 0.2) is 52.9 Å². The number of ether oxygens (including phenoxy) is 1. The lowest BCUT2D eigenvalue weighted by Gasteiger charge is -2.28. The molecule has 0 fully saturated rings. The number of amides is 1. The van der Waals surface area contributed by atoms with Crippen LogP contribution in [0.1, 0.15) is 86.4 Å². The molecule has 0 aliphatic carbocycles. The summed E-state index contributed by atoms with van der Waals surface area (Å²) in [4.78, 5) is 51.2. The molecule has 42 heteroatoms. The van der Waals surface area contributed by atoms with Gasteiger partial charge in [0.25, 0.3) is 16.7 Å². The number of nitrogens with zero attached hydrogens (tertiary/aromatic N) is 15. The van der Waals surface area contributed by atoms with E-state index in [1.807, 2.05) is 68.0 Å². The molecule has 0 saturated carbocycles. The lowest BCUT2D eigenvalue weighted by Crippen LogP contribution is -2.34. The van der Waals surface area contributed by atoms with Crippen LogP contribution in [0, 0.1) is 0 Å². The first-order valence-electron chi connectivity index (χ1n) is 26.7. The third-order valence-electron chi connectivity index (χ3n) is 12.1. The maximum absolute atomic E-state index is 11.8. The van der Waals surface area contributed by atoms with E-state index < -0.39 is 22.3 Å². The minimum atomic E-state index is -0.605. The van der Waals surface area contributed by atoms with Gasteiger partial charge in [-0.2, -0.15) is 10.2 Å². The van der Waals surface area contributed by atoms with E-state index >= 15 is 0 Å². The van der Waals surface area contributed by atoms with Crippen molar-refractivity contribution in [1.82, 2.24) is 81.6 Å². The van der Waals surface area contributed by atoms with E-state index in [0.717, 1.165) is 105 Å². The second-order valence-corrected chi connectivity index (χ2v) is 25.5. The summed E-state index contributed by atoms with van der Waals surface area (Å²) in [6.45, 7) is 11.6. The Morgan fingerprint density at radius 2 is 1.06 bits per heavy atom.